The van der Waals surface area contributed by atoms with E-state index in [-0.39, 0.29) is 36.0 Å². The van der Waals surface area contributed by atoms with Crippen LogP contribution in [0.15, 0.2) is 0 Å². The van der Waals surface area contributed by atoms with E-state index < -0.39 is 0 Å². The number of aliphatic hydroxyl groups excluding tert-OH is 1. The van der Waals surface area contributed by atoms with Crippen molar-refractivity contribution in [1.29, 1.82) is 0 Å². The first-order valence-electron chi connectivity index (χ1n) is 11.6. The third-order valence-electron chi connectivity index (χ3n) is 7.58. The number of hydrogen-bond donors (Lipinski definition) is 4. The Morgan fingerprint density at radius 2 is 1.66 bits per heavy atom. The molecule has 29 heavy (non-hydrogen) atoms. The highest BCUT2D eigenvalue weighted by Gasteiger charge is 2.51. The average molecular weight is 408 g/mol. The molecule has 0 spiro atoms. The van der Waals surface area contributed by atoms with Gasteiger partial charge in [-0.25, -0.2) is 4.79 Å². The summed E-state index contributed by atoms with van der Waals surface area (Å²) >= 11 is 0. The maximum absolute atomic E-state index is 12.8. The third-order valence-corrected chi connectivity index (χ3v) is 7.58. The fourth-order valence-electron chi connectivity index (χ4n) is 6.84. The number of amides is 3. The highest BCUT2D eigenvalue weighted by atomic mass is 16.5. The van der Waals surface area contributed by atoms with Gasteiger partial charge in [0.05, 0.1) is 19.8 Å². The quantitative estimate of drug-likeness (QED) is 0.462. The summed E-state index contributed by atoms with van der Waals surface area (Å²) in [5.74, 6) is 2.43. The topological polar surface area (TPSA) is 99.7 Å². The van der Waals surface area contributed by atoms with Gasteiger partial charge >= 0.3 is 6.03 Å². The fraction of sp³-hybridized carbons (Fsp3) is 0.909. The number of nitrogens with one attached hydrogen (secondary N) is 3. The lowest BCUT2D eigenvalue weighted by Crippen LogP contribution is -2.62. The number of rotatable bonds is 8. The molecule has 0 aromatic carbocycles. The molecule has 5 aliphatic carbocycles. The first-order valence-corrected chi connectivity index (χ1v) is 11.6. The van der Waals surface area contributed by atoms with E-state index in [0.717, 1.165) is 56.3 Å². The van der Waals surface area contributed by atoms with Crippen LogP contribution in [0.25, 0.3) is 0 Å². The van der Waals surface area contributed by atoms with Gasteiger partial charge in [-0.1, -0.05) is 6.42 Å². The van der Waals surface area contributed by atoms with Gasteiger partial charge in [0.1, 0.15) is 0 Å². The van der Waals surface area contributed by atoms with Crippen LogP contribution in [-0.4, -0.2) is 55.0 Å². The lowest BCUT2D eigenvalue weighted by atomic mass is 9.53. The molecule has 4 N–H and O–H groups in total. The summed E-state index contributed by atoms with van der Waals surface area (Å²) in [6.07, 6.45) is 11.0. The van der Waals surface area contributed by atoms with Crippen LogP contribution in [0.1, 0.15) is 64.2 Å². The van der Waals surface area contributed by atoms with Crippen molar-refractivity contribution >= 4 is 11.9 Å². The first kappa shape index (κ1) is 20.9. The number of ether oxygens (including phenoxy) is 1. The lowest BCUT2D eigenvalue weighted by Gasteiger charge is -2.56. The van der Waals surface area contributed by atoms with Crippen molar-refractivity contribution in [2.45, 2.75) is 75.8 Å². The van der Waals surface area contributed by atoms with Crippen molar-refractivity contribution in [2.24, 2.45) is 23.7 Å². The number of carbonyl (C=O) groups excluding carboxylic acids is 2. The van der Waals surface area contributed by atoms with Crippen molar-refractivity contribution in [3.8, 4) is 0 Å². The Labute approximate surface area is 173 Å². The molecule has 164 valence electrons. The molecular formula is C22H37N3O4. The van der Waals surface area contributed by atoms with Crippen LogP contribution >= 0.6 is 0 Å². The second kappa shape index (κ2) is 9.21. The van der Waals surface area contributed by atoms with Crippen LogP contribution in [0, 0.1) is 23.7 Å². The maximum Gasteiger partial charge on any atom is 0.315 e. The minimum Gasteiger partial charge on any atom is -0.394 e. The Morgan fingerprint density at radius 1 is 0.966 bits per heavy atom. The van der Waals surface area contributed by atoms with Crippen LogP contribution in [0.3, 0.4) is 0 Å². The smallest absolute Gasteiger partial charge is 0.315 e. The van der Waals surface area contributed by atoms with Crippen LogP contribution < -0.4 is 16.0 Å². The van der Waals surface area contributed by atoms with Crippen LogP contribution in [0.4, 0.5) is 4.79 Å². The van der Waals surface area contributed by atoms with E-state index >= 15 is 0 Å². The van der Waals surface area contributed by atoms with Gasteiger partial charge in [-0.3, -0.25) is 4.79 Å². The molecule has 0 heterocycles. The van der Waals surface area contributed by atoms with E-state index in [1.165, 1.54) is 19.3 Å². The van der Waals surface area contributed by atoms with Crippen molar-refractivity contribution in [3.63, 3.8) is 0 Å². The van der Waals surface area contributed by atoms with Crippen LogP contribution in [0.2, 0.25) is 0 Å². The van der Waals surface area contributed by atoms with Gasteiger partial charge in [0, 0.05) is 24.0 Å². The molecule has 7 nitrogen and oxygen atoms in total. The minimum absolute atomic E-state index is 0.00472. The molecule has 5 aliphatic rings. The molecular weight excluding hydrogens is 370 g/mol. The largest absolute Gasteiger partial charge is 0.394 e. The molecule has 5 saturated carbocycles. The lowest BCUT2D eigenvalue weighted by molar-refractivity contribution is -0.126. The highest BCUT2D eigenvalue weighted by Crippen LogP contribution is 2.55. The number of carbonyl (C=O) groups is 2. The van der Waals surface area contributed by atoms with Crippen molar-refractivity contribution in [1.82, 2.24) is 16.0 Å². The predicted octanol–water partition coefficient (Wildman–Crippen LogP) is 1.94. The normalized spacial score (nSPS) is 37.9. The van der Waals surface area contributed by atoms with Crippen molar-refractivity contribution in [2.75, 3.05) is 26.4 Å². The Morgan fingerprint density at radius 3 is 2.31 bits per heavy atom. The van der Waals surface area contributed by atoms with E-state index in [1.807, 2.05) is 0 Å². The minimum atomic E-state index is -0.0496. The summed E-state index contributed by atoms with van der Waals surface area (Å²) < 4.78 is 5.18. The fourth-order valence-corrected chi connectivity index (χ4v) is 6.84. The van der Waals surface area contributed by atoms with E-state index in [2.05, 4.69) is 16.0 Å². The van der Waals surface area contributed by atoms with Gasteiger partial charge in [0.25, 0.3) is 0 Å². The number of urea groups is 1. The second-order valence-corrected chi connectivity index (χ2v) is 9.98. The number of hydrogen-bond acceptors (Lipinski definition) is 4. The predicted molar refractivity (Wildman–Crippen MR) is 109 cm³/mol. The summed E-state index contributed by atoms with van der Waals surface area (Å²) in [4.78, 5) is 25.2. The summed E-state index contributed by atoms with van der Waals surface area (Å²) in [5.41, 5.74) is 0.0266. The van der Waals surface area contributed by atoms with E-state index in [0.29, 0.717) is 26.2 Å². The third kappa shape index (κ3) is 5.23. The molecule has 5 rings (SSSR count). The highest BCUT2D eigenvalue weighted by molar-refractivity contribution is 5.79. The molecule has 0 aromatic rings. The van der Waals surface area contributed by atoms with Gasteiger partial charge < -0.3 is 25.8 Å². The summed E-state index contributed by atoms with van der Waals surface area (Å²) in [6.45, 7) is 1.16. The molecule has 7 heteroatoms. The zero-order valence-corrected chi connectivity index (χ0v) is 17.5. The Kier molecular flexibility index (Phi) is 6.64. The van der Waals surface area contributed by atoms with E-state index in [9.17, 15) is 9.59 Å². The zero-order valence-electron chi connectivity index (χ0n) is 17.5. The molecule has 0 aromatic heterocycles. The molecule has 4 bridgehead atoms. The van der Waals surface area contributed by atoms with E-state index in [4.69, 9.17) is 9.84 Å². The molecule has 2 unspecified atom stereocenters. The molecule has 5 fully saturated rings. The summed E-state index contributed by atoms with van der Waals surface area (Å²) in [7, 11) is 0. The Balaban J connectivity index is 1.21. The summed E-state index contributed by atoms with van der Waals surface area (Å²) in [6, 6.07) is 0.0365. The van der Waals surface area contributed by atoms with Gasteiger partial charge in [-0.2, -0.15) is 0 Å². The maximum atomic E-state index is 12.8. The van der Waals surface area contributed by atoms with Crippen LogP contribution in [-0.2, 0) is 9.53 Å². The zero-order chi connectivity index (χ0) is 20.3. The van der Waals surface area contributed by atoms with Gasteiger partial charge in [0.15, 0.2) is 0 Å². The molecule has 3 amide bonds. The number of aliphatic hydroxyl groups is 1. The molecule has 2 atom stereocenters. The standard InChI is InChI=1S/C22H37N3O4/c26-5-7-29-6-4-23-20(27)18-2-1-3-19(11-18)24-21(28)25-22-12-15-8-16(13-22)10-17(9-15)14-22/h15-19,26H,1-14H2,(H,23,27)(H2,24,25,28). The Bertz CT molecular complexity index is 561. The molecule has 0 aliphatic heterocycles. The molecule has 0 radical (unpaired) electrons. The molecule has 0 saturated heterocycles. The average Bonchev–Trinajstić information content (AvgIpc) is 2.66. The van der Waals surface area contributed by atoms with E-state index in [1.54, 1.807) is 0 Å². The Hall–Kier alpha value is -1.34. The van der Waals surface area contributed by atoms with Gasteiger partial charge in [-0.05, 0) is 75.5 Å². The first-order chi connectivity index (χ1) is 14.0. The van der Waals surface area contributed by atoms with Gasteiger partial charge in [-0.15, -0.1) is 0 Å². The van der Waals surface area contributed by atoms with Gasteiger partial charge in [0.2, 0.25) is 5.91 Å². The van der Waals surface area contributed by atoms with Crippen molar-refractivity contribution < 1.29 is 19.4 Å². The monoisotopic (exact) mass is 407 g/mol. The SMILES string of the molecule is O=C(NC1CCCC(C(=O)NCCOCCO)C1)NC12CC3CC(CC(C3)C1)C2. The van der Waals surface area contributed by atoms with Crippen molar-refractivity contribution in [3.05, 3.63) is 0 Å². The second-order valence-electron chi connectivity index (χ2n) is 9.98. The summed E-state index contributed by atoms with van der Waals surface area (Å²) in [5, 5.41) is 18.2. The van der Waals surface area contributed by atoms with Crippen LogP contribution in [0.5, 0.6) is 0 Å².